The first kappa shape index (κ1) is 12.0. The average Bonchev–Trinajstić information content (AvgIpc) is 2.55. The van der Waals surface area contributed by atoms with Crippen LogP contribution < -0.4 is 0 Å². The highest BCUT2D eigenvalue weighted by molar-refractivity contribution is 6.10. The number of fused-ring (bicyclic) bond motifs is 3. The zero-order valence-electron chi connectivity index (χ0n) is 11.3. The second-order valence-electron chi connectivity index (χ2n) is 5.03. The molecule has 0 spiro atoms. The van der Waals surface area contributed by atoms with Crippen molar-refractivity contribution < 1.29 is 4.39 Å². The van der Waals surface area contributed by atoms with Crippen LogP contribution in [0, 0.1) is 5.82 Å². The lowest BCUT2D eigenvalue weighted by Gasteiger charge is -2.10. The predicted octanol–water partition coefficient (Wildman–Crippen LogP) is 5.19. The summed E-state index contributed by atoms with van der Waals surface area (Å²) >= 11 is 0. The Morgan fingerprint density at radius 1 is 0.667 bits per heavy atom. The number of hydrogen-bond donors (Lipinski definition) is 0. The Hall–Kier alpha value is -2.74. The summed E-state index contributed by atoms with van der Waals surface area (Å²) in [6, 6.07) is 22.8. The molecule has 0 saturated heterocycles. The molecular weight excluding hydrogens is 261 g/mol. The maximum atomic E-state index is 13.7. The van der Waals surface area contributed by atoms with Crippen molar-refractivity contribution in [3.63, 3.8) is 0 Å². The van der Waals surface area contributed by atoms with E-state index in [2.05, 4.69) is 0 Å². The summed E-state index contributed by atoms with van der Waals surface area (Å²) in [6.07, 6.45) is 0. The molecule has 0 unspecified atom stereocenters. The van der Waals surface area contributed by atoms with Crippen LogP contribution in [-0.2, 0) is 0 Å². The maximum absolute atomic E-state index is 13.7. The van der Waals surface area contributed by atoms with Gasteiger partial charge in [-0.05, 0) is 29.7 Å². The smallest absolute Gasteiger partial charge is 0.123 e. The Morgan fingerprint density at radius 2 is 1.43 bits per heavy atom. The Bertz CT molecular complexity index is 945. The lowest BCUT2D eigenvalue weighted by Crippen LogP contribution is -1.90. The van der Waals surface area contributed by atoms with Crippen LogP contribution in [0.1, 0.15) is 0 Å². The molecule has 100 valence electrons. The van der Waals surface area contributed by atoms with Gasteiger partial charge in [0, 0.05) is 16.3 Å². The number of rotatable bonds is 1. The first-order valence-electron chi connectivity index (χ1n) is 6.86. The van der Waals surface area contributed by atoms with Gasteiger partial charge < -0.3 is 0 Å². The van der Waals surface area contributed by atoms with Crippen LogP contribution >= 0.6 is 0 Å². The van der Waals surface area contributed by atoms with E-state index in [9.17, 15) is 4.39 Å². The van der Waals surface area contributed by atoms with Gasteiger partial charge in [0.1, 0.15) is 5.82 Å². The van der Waals surface area contributed by atoms with Crippen LogP contribution in [-0.4, -0.2) is 4.98 Å². The minimum absolute atomic E-state index is 0.224. The van der Waals surface area contributed by atoms with Crippen LogP contribution in [0.2, 0.25) is 0 Å². The second-order valence-corrected chi connectivity index (χ2v) is 5.03. The van der Waals surface area contributed by atoms with E-state index in [1.165, 1.54) is 6.07 Å². The molecule has 0 aliphatic heterocycles. The lowest BCUT2D eigenvalue weighted by molar-refractivity contribution is 0.630. The molecule has 0 saturated carbocycles. The highest BCUT2D eigenvalue weighted by atomic mass is 19.1. The minimum atomic E-state index is -0.224. The van der Waals surface area contributed by atoms with E-state index >= 15 is 0 Å². The molecule has 1 heterocycles. The Morgan fingerprint density at radius 3 is 2.29 bits per heavy atom. The van der Waals surface area contributed by atoms with Gasteiger partial charge in [0.2, 0.25) is 0 Å². The van der Waals surface area contributed by atoms with Crippen molar-refractivity contribution in [1.29, 1.82) is 0 Å². The predicted molar refractivity (Wildman–Crippen MR) is 84.6 cm³/mol. The molecule has 0 amide bonds. The molecule has 4 aromatic rings. The van der Waals surface area contributed by atoms with Crippen molar-refractivity contribution in [2.24, 2.45) is 0 Å². The summed E-state index contributed by atoms with van der Waals surface area (Å²) < 4.78 is 13.7. The van der Waals surface area contributed by atoms with E-state index < -0.39 is 0 Å². The topological polar surface area (TPSA) is 12.9 Å². The van der Waals surface area contributed by atoms with Crippen molar-refractivity contribution in [1.82, 2.24) is 4.98 Å². The third kappa shape index (κ3) is 1.96. The van der Waals surface area contributed by atoms with Crippen LogP contribution in [0.3, 0.4) is 0 Å². The summed E-state index contributed by atoms with van der Waals surface area (Å²) in [7, 11) is 0. The number of aromatic nitrogens is 1. The van der Waals surface area contributed by atoms with Gasteiger partial charge >= 0.3 is 0 Å². The molecule has 4 rings (SSSR count). The molecule has 1 nitrogen and oxygen atoms in total. The molecule has 0 bridgehead atoms. The van der Waals surface area contributed by atoms with Gasteiger partial charge in [0.05, 0.1) is 11.2 Å². The summed E-state index contributed by atoms with van der Waals surface area (Å²) in [5.74, 6) is -0.224. The lowest BCUT2D eigenvalue weighted by atomic mass is 10.00. The van der Waals surface area contributed by atoms with Crippen LogP contribution in [0.15, 0.2) is 72.8 Å². The Balaban J connectivity index is 2.19. The first-order chi connectivity index (χ1) is 10.3. The molecule has 0 N–H and O–H groups in total. The standard InChI is InChI=1S/C19H12FN/c20-14-10-11-16-17(12-14)15-8-4-5-9-18(15)21-19(16)13-6-2-1-3-7-13/h1-12H. The molecule has 3 aromatic carbocycles. The van der Waals surface area contributed by atoms with E-state index in [4.69, 9.17) is 4.98 Å². The molecule has 2 heteroatoms. The molecule has 0 aliphatic carbocycles. The summed E-state index contributed by atoms with van der Waals surface area (Å²) in [4.78, 5) is 4.78. The number of hydrogen-bond acceptors (Lipinski definition) is 1. The summed E-state index contributed by atoms with van der Waals surface area (Å²) in [5.41, 5.74) is 2.82. The van der Waals surface area contributed by atoms with Gasteiger partial charge in [-0.1, -0.05) is 48.5 Å². The van der Waals surface area contributed by atoms with Gasteiger partial charge in [-0.2, -0.15) is 0 Å². The largest absolute Gasteiger partial charge is 0.247 e. The fourth-order valence-corrected chi connectivity index (χ4v) is 2.74. The van der Waals surface area contributed by atoms with Crippen LogP contribution in [0.5, 0.6) is 0 Å². The van der Waals surface area contributed by atoms with E-state index in [-0.39, 0.29) is 5.82 Å². The highest BCUT2D eigenvalue weighted by Gasteiger charge is 2.10. The molecule has 0 radical (unpaired) electrons. The SMILES string of the molecule is Fc1ccc2c(-c3ccccc3)nc3ccccc3c2c1. The zero-order valence-corrected chi connectivity index (χ0v) is 11.3. The second kappa shape index (κ2) is 4.67. The van der Waals surface area contributed by atoms with Gasteiger partial charge in [0.25, 0.3) is 0 Å². The van der Waals surface area contributed by atoms with E-state index in [0.717, 1.165) is 32.9 Å². The molecule has 21 heavy (non-hydrogen) atoms. The molecular formula is C19H12FN. The Kier molecular flexibility index (Phi) is 2.68. The van der Waals surface area contributed by atoms with Crippen molar-refractivity contribution in [3.05, 3.63) is 78.6 Å². The quantitative estimate of drug-likeness (QED) is 0.435. The van der Waals surface area contributed by atoms with Crippen molar-refractivity contribution in [2.75, 3.05) is 0 Å². The first-order valence-corrected chi connectivity index (χ1v) is 6.86. The van der Waals surface area contributed by atoms with Crippen LogP contribution in [0.4, 0.5) is 4.39 Å². The van der Waals surface area contributed by atoms with Crippen molar-refractivity contribution >= 4 is 21.7 Å². The number of halogens is 1. The van der Waals surface area contributed by atoms with Crippen molar-refractivity contribution in [3.8, 4) is 11.3 Å². The fourth-order valence-electron chi connectivity index (χ4n) is 2.74. The van der Waals surface area contributed by atoms with E-state index in [1.54, 1.807) is 6.07 Å². The summed E-state index contributed by atoms with van der Waals surface area (Å²) in [5, 5.41) is 2.85. The molecule has 1 aromatic heterocycles. The van der Waals surface area contributed by atoms with Gasteiger partial charge in [-0.3, -0.25) is 0 Å². The average molecular weight is 273 g/mol. The normalized spacial score (nSPS) is 11.1. The monoisotopic (exact) mass is 273 g/mol. The highest BCUT2D eigenvalue weighted by Crippen LogP contribution is 2.32. The van der Waals surface area contributed by atoms with Gasteiger partial charge in [-0.15, -0.1) is 0 Å². The van der Waals surface area contributed by atoms with Crippen LogP contribution in [0.25, 0.3) is 32.9 Å². The fraction of sp³-hybridized carbons (Fsp3) is 0. The van der Waals surface area contributed by atoms with E-state index in [0.29, 0.717) is 0 Å². The molecule has 0 atom stereocenters. The number of para-hydroxylation sites is 1. The van der Waals surface area contributed by atoms with E-state index in [1.807, 2.05) is 60.7 Å². The number of nitrogens with zero attached hydrogens (tertiary/aromatic N) is 1. The molecule has 0 aliphatic rings. The van der Waals surface area contributed by atoms with Crippen molar-refractivity contribution in [2.45, 2.75) is 0 Å². The van der Waals surface area contributed by atoms with Gasteiger partial charge in [0.15, 0.2) is 0 Å². The number of pyridine rings is 1. The van der Waals surface area contributed by atoms with Gasteiger partial charge in [-0.25, -0.2) is 9.37 Å². The minimum Gasteiger partial charge on any atom is -0.247 e. The maximum Gasteiger partial charge on any atom is 0.123 e. The Labute approximate surface area is 121 Å². The number of benzene rings is 3. The molecule has 0 fully saturated rings. The zero-order chi connectivity index (χ0) is 14.2. The third-order valence-corrected chi connectivity index (χ3v) is 3.71. The third-order valence-electron chi connectivity index (χ3n) is 3.71. The summed E-state index contributed by atoms with van der Waals surface area (Å²) in [6.45, 7) is 0.